The maximum Gasteiger partial charge on any atom is 0.341 e. The molecule has 0 radical (unpaired) electrons. The molecule has 11 heteroatoms. The highest BCUT2D eigenvalue weighted by Crippen LogP contribution is 2.20. The summed E-state index contributed by atoms with van der Waals surface area (Å²) in [5.41, 5.74) is -0.241. The minimum atomic E-state index is -4.83. The first-order valence-electron chi connectivity index (χ1n) is 8.49. The van der Waals surface area contributed by atoms with E-state index in [9.17, 15) is 35.6 Å². The van der Waals surface area contributed by atoms with Gasteiger partial charge in [0.2, 0.25) is 9.84 Å². The Morgan fingerprint density at radius 3 is 2.27 bits per heavy atom. The number of benzene rings is 2. The monoisotopic (exact) mass is 447 g/mol. The second-order valence-corrected chi connectivity index (χ2v) is 8.01. The van der Waals surface area contributed by atoms with Crippen LogP contribution in [0, 0.1) is 11.6 Å². The van der Waals surface area contributed by atoms with E-state index in [1.165, 1.54) is 12.1 Å². The van der Waals surface area contributed by atoms with Gasteiger partial charge in [-0.1, -0.05) is 12.1 Å². The van der Waals surface area contributed by atoms with Crippen LogP contribution < -0.4 is 0 Å². The average Bonchev–Trinajstić information content (AvgIpc) is 2.73. The Hall–Kier alpha value is -2.95. The van der Waals surface area contributed by atoms with Gasteiger partial charge in [-0.3, -0.25) is 9.59 Å². The summed E-state index contributed by atoms with van der Waals surface area (Å²) in [6.45, 7) is -0.602. The lowest BCUT2D eigenvalue weighted by molar-refractivity contribution is -0.140. The molecule has 0 bridgehead atoms. The maximum atomic E-state index is 14.0. The molecule has 0 saturated carbocycles. The zero-order chi connectivity index (χ0) is 22.5. The summed E-state index contributed by atoms with van der Waals surface area (Å²) in [5, 5.41) is 0. The predicted octanol–water partition coefficient (Wildman–Crippen LogP) is 3.17. The Kier molecular flexibility index (Phi) is 7.54. The fourth-order valence-corrected chi connectivity index (χ4v) is 3.25. The molecule has 1 amide bonds. The molecule has 0 fully saturated rings. The van der Waals surface area contributed by atoms with Crippen LogP contribution >= 0.6 is 0 Å². The lowest BCUT2D eigenvalue weighted by atomic mass is 10.1. The van der Waals surface area contributed by atoms with Crippen molar-refractivity contribution >= 4 is 21.7 Å². The number of rotatable bonds is 8. The number of sulfone groups is 1. The molecule has 2 aromatic carbocycles. The van der Waals surface area contributed by atoms with Gasteiger partial charge < -0.3 is 9.64 Å². The van der Waals surface area contributed by atoms with E-state index in [2.05, 4.69) is 4.74 Å². The minimum Gasteiger partial charge on any atom is -0.469 e. The SMILES string of the molecule is COC(=O)CCN(Cc1cccc(F)c1F)C(=O)c1ccc(S(=O)(=O)C(F)F)cc1. The molecule has 0 aliphatic heterocycles. The van der Waals surface area contributed by atoms with Gasteiger partial charge in [-0.2, -0.15) is 8.78 Å². The molecule has 0 heterocycles. The van der Waals surface area contributed by atoms with Crippen molar-refractivity contribution in [2.75, 3.05) is 13.7 Å². The van der Waals surface area contributed by atoms with E-state index in [4.69, 9.17) is 0 Å². The standard InChI is InChI=1S/C19H17F4NO5S/c1-29-16(25)9-10-24(11-13-3-2-4-15(20)17(13)21)18(26)12-5-7-14(8-6-12)30(27,28)19(22)23/h2-8,19H,9-11H2,1H3. The van der Waals surface area contributed by atoms with Crippen LogP contribution in [0.3, 0.4) is 0 Å². The van der Waals surface area contributed by atoms with Gasteiger partial charge in [0, 0.05) is 24.2 Å². The van der Waals surface area contributed by atoms with Crippen molar-refractivity contribution in [2.24, 2.45) is 0 Å². The van der Waals surface area contributed by atoms with Gasteiger partial charge >= 0.3 is 11.7 Å². The van der Waals surface area contributed by atoms with Gasteiger partial charge in [0.05, 0.1) is 18.4 Å². The first-order chi connectivity index (χ1) is 14.1. The molecular formula is C19H17F4NO5S. The van der Waals surface area contributed by atoms with Crippen molar-refractivity contribution in [1.82, 2.24) is 4.90 Å². The third-order valence-corrected chi connectivity index (χ3v) is 5.56. The second-order valence-electron chi connectivity index (χ2n) is 6.10. The van der Waals surface area contributed by atoms with Gasteiger partial charge in [-0.25, -0.2) is 17.2 Å². The predicted molar refractivity (Wildman–Crippen MR) is 97.4 cm³/mol. The summed E-state index contributed by atoms with van der Waals surface area (Å²) in [6, 6.07) is 7.14. The zero-order valence-corrected chi connectivity index (χ0v) is 16.5. The highest BCUT2D eigenvalue weighted by Gasteiger charge is 2.27. The maximum absolute atomic E-state index is 14.0. The van der Waals surface area contributed by atoms with E-state index in [1.54, 1.807) is 0 Å². The fraction of sp³-hybridized carbons (Fsp3) is 0.263. The smallest absolute Gasteiger partial charge is 0.341 e. The first-order valence-corrected chi connectivity index (χ1v) is 10.0. The quantitative estimate of drug-likeness (QED) is 0.459. The molecule has 0 aromatic heterocycles. The number of carbonyl (C=O) groups excluding carboxylic acids is 2. The highest BCUT2D eigenvalue weighted by atomic mass is 32.2. The average molecular weight is 447 g/mol. The van der Waals surface area contributed by atoms with E-state index < -0.39 is 50.5 Å². The van der Waals surface area contributed by atoms with Crippen LogP contribution in [0.15, 0.2) is 47.4 Å². The molecule has 0 spiro atoms. The number of halogens is 4. The third-order valence-electron chi connectivity index (χ3n) is 4.16. The van der Waals surface area contributed by atoms with E-state index in [-0.39, 0.29) is 24.1 Å². The molecule has 0 aliphatic rings. The second kappa shape index (κ2) is 9.70. The van der Waals surface area contributed by atoms with Crippen molar-refractivity contribution in [3.05, 3.63) is 65.2 Å². The summed E-state index contributed by atoms with van der Waals surface area (Å²) in [7, 11) is -3.69. The van der Waals surface area contributed by atoms with Crippen molar-refractivity contribution in [3.63, 3.8) is 0 Å². The number of methoxy groups -OCH3 is 1. The van der Waals surface area contributed by atoms with Crippen LogP contribution in [0.2, 0.25) is 0 Å². The van der Waals surface area contributed by atoms with Crippen LogP contribution in [0.25, 0.3) is 0 Å². The Morgan fingerprint density at radius 1 is 1.07 bits per heavy atom. The number of esters is 1. The zero-order valence-electron chi connectivity index (χ0n) is 15.6. The van der Waals surface area contributed by atoms with E-state index in [0.717, 1.165) is 42.3 Å². The molecule has 0 unspecified atom stereocenters. The molecule has 0 aliphatic carbocycles. The van der Waals surface area contributed by atoms with Crippen LogP contribution in [0.1, 0.15) is 22.3 Å². The van der Waals surface area contributed by atoms with Gasteiger partial charge in [0.25, 0.3) is 5.91 Å². The van der Waals surface area contributed by atoms with Gasteiger partial charge in [0.15, 0.2) is 11.6 Å². The van der Waals surface area contributed by atoms with Crippen molar-refractivity contribution in [1.29, 1.82) is 0 Å². The topological polar surface area (TPSA) is 80.8 Å². The summed E-state index contributed by atoms with van der Waals surface area (Å²) in [6.07, 6.45) is -0.239. The molecule has 0 atom stereocenters. The lowest BCUT2D eigenvalue weighted by Gasteiger charge is -2.23. The van der Waals surface area contributed by atoms with E-state index in [1.807, 2.05) is 0 Å². The number of hydrogen-bond donors (Lipinski definition) is 0. The molecule has 162 valence electrons. The largest absolute Gasteiger partial charge is 0.469 e. The van der Waals surface area contributed by atoms with Gasteiger partial charge in [0.1, 0.15) is 0 Å². The molecule has 30 heavy (non-hydrogen) atoms. The summed E-state index contributed by atoms with van der Waals surface area (Å²) in [4.78, 5) is 24.6. The molecule has 0 N–H and O–H groups in total. The molecule has 0 saturated heterocycles. The van der Waals surface area contributed by atoms with E-state index >= 15 is 0 Å². The number of hydrogen-bond acceptors (Lipinski definition) is 5. The third kappa shape index (κ3) is 5.35. The van der Waals surface area contributed by atoms with Crippen LogP contribution in [-0.2, 0) is 25.9 Å². The lowest BCUT2D eigenvalue weighted by Crippen LogP contribution is -2.33. The highest BCUT2D eigenvalue weighted by molar-refractivity contribution is 7.91. The minimum absolute atomic E-state index is 0.0927. The number of alkyl halides is 2. The van der Waals surface area contributed by atoms with E-state index in [0.29, 0.717) is 0 Å². The number of carbonyl (C=O) groups is 2. The Morgan fingerprint density at radius 2 is 1.70 bits per heavy atom. The summed E-state index contributed by atoms with van der Waals surface area (Å²) >= 11 is 0. The number of nitrogens with zero attached hydrogens (tertiary/aromatic N) is 1. The summed E-state index contributed by atoms with van der Waals surface area (Å²) < 4.78 is 80.2. The summed E-state index contributed by atoms with van der Waals surface area (Å²) in [5.74, 6) is -7.29. The van der Waals surface area contributed by atoms with Crippen molar-refractivity contribution < 1.29 is 40.3 Å². The van der Waals surface area contributed by atoms with Crippen molar-refractivity contribution in [2.45, 2.75) is 23.6 Å². The van der Waals surface area contributed by atoms with Crippen molar-refractivity contribution in [3.8, 4) is 0 Å². The van der Waals surface area contributed by atoms with Gasteiger partial charge in [-0.15, -0.1) is 0 Å². The normalized spacial score (nSPS) is 11.4. The Balaban J connectivity index is 2.31. The van der Waals surface area contributed by atoms with Gasteiger partial charge in [-0.05, 0) is 30.3 Å². The number of ether oxygens (including phenoxy) is 1. The number of amides is 1. The Labute approximate surface area is 170 Å². The van der Waals surface area contributed by atoms with Crippen LogP contribution in [-0.4, -0.2) is 44.6 Å². The van der Waals surface area contributed by atoms with Crippen LogP contribution in [0.4, 0.5) is 17.6 Å². The molecular weight excluding hydrogens is 430 g/mol. The molecule has 6 nitrogen and oxygen atoms in total. The van der Waals surface area contributed by atoms with Crippen LogP contribution in [0.5, 0.6) is 0 Å². The first kappa shape index (κ1) is 23.3. The molecule has 2 rings (SSSR count). The Bertz CT molecular complexity index is 1030. The fourth-order valence-electron chi connectivity index (χ4n) is 2.53. The molecule has 2 aromatic rings.